The second-order valence-electron chi connectivity index (χ2n) is 5.76. The minimum atomic E-state index is -0.107. The SMILES string of the molecule is CCCCOc1ccc(NC(=O)NC2CCCC2)c(C)c1. The molecule has 0 aromatic heterocycles. The van der Waals surface area contributed by atoms with Gasteiger partial charge < -0.3 is 15.4 Å². The van der Waals surface area contributed by atoms with Crippen molar-refractivity contribution in [1.82, 2.24) is 5.32 Å². The van der Waals surface area contributed by atoms with Crippen molar-refractivity contribution in [2.45, 2.75) is 58.4 Å². The van der Waals surface area contributed by atoms with Crippen LogP contribution in [0.5, 0.6) is 5.75 Å². The number of rotatable bonds is 6. The van der Waals surface area contributed by atoms with Gasteiger partial charge in [0.15, 0.2) is 0 Å². The molecule has 0 bridgehead atoms. The van der Waals surface area contributed by atoms with E-state index >= 15 is 0 Å². The first-order valence-corrected chi connectivity index (χ1v) is 8.00. The van der Waals surface area contributed by atoms with Crippen LogP contribution in [0.1, 0.15) is 51.0 Å². The number of aryl methyl sites for hydroxylation is 1. The third kappa shape index (κ3) is 4.96. The Labute approximate surface area is 127 Å². The van der Waals surface area contributed by atoms with Gasteiger partial charge in [0.1, 0.15) is 5.75 Å². The summed E-state index contributed by atoms with van der Waals surface area (Å²) in [5.74, 6) is 0.864. The van der Waals surface area contributed by atoms with Crippen LogP contribution < -0.4 is 15.4 Å². The van der Waals surface area contributed by atoms with Gasteiger partial charge in [-0.15, -0.1) is 0 Å². The van der Waals surface area contributed by atoms with Crippen LogP contribution in [-0.2, 0) is 0 Å². The molecular weight excluding hydrogens is 264 g/mol. The Morgan fingerprint density at radius 1 is 1.33 bits per heavy atom. The fraction of sp³-hybridized carbons (Fsp3) is 0.588. The number of benzene rings is 1. The highest BCUT2D eigenvalue weighted by Crippen LogP contribution is 2.22. The van der Waals surface area contributed by atoms with E-state index < -0.39 is 0 Å². The highest BCUT2D eigenvalue weighted by atomic mass is 16.5. The number of amides is 2. The van der Waals surface area contributed by atoms with Gasteiger partial charge in [0, 0.05) is 11.7 Å². The van der Waals surface area contributed by atoms with Crippen LogP contribution in [0.15, 0.2) is 18.2 Å². The average Bonchev–Trinajstić information content (AvgIpc) is 2.95. The Morgan fingerprint density at radius 2 is 2.10 bits per heavy atom. The van der Waals surface area contributed by atoms with Gasteiger partial charge >= 0.3 is 6.03 Å². The molecule has 2 N–H and O–H groups in total. The highest BCUT2D eigenvalue weighted by Gasteiger charge is 2.17. The molecule has 0 unspecified atom stereocenters. The monoisotopic (exact) mass is 290 g/mol. The number of carbonyl (C=O) groups is 1. The van der Waals surface area contributed by atoms with Crippen molar-refractivity contribution in [1.29, 1.82) is 0 Å². The first-order chi connectivity index (χ1) is 10.2. The number of ether oxygens (including phenoxy) is 1. The molecule has 1 aliphatic rings. The van der Waals surface area contributed by atoms with E-state index in [2.05, 4.69) is 17.6 Å². The van der Waals surface area contributed by atoms with E-state index in [9.17, 15) is 4.79 Å². The number of nitrogens with one attached hydrogen (secondary N) is 2. The zero-order valence-corrected chi connectivity index (χ0v) is 13.1. The predicted molar refractivity (Wildman–Crippen MR) is 86.0 cm³/mol. The molecule has 4 heteroatoms. The van der Waals surface area contributed by atoms with Crippen LogP contribution >= 0.6 is 0 Å². The van der Waals surface area contributed by atoms with E-state index in [0.29, 0.717) is 6.04 Å². The summed E-state index contributed by atoms with van der Waals surface area (Å²) in [6, 6.07) is 6.02. The molecule has 1 saturated carbocycles. The summed E-state index contributed by atoms with van der Waals surface area (Å²) in [7, 11) is 0. The third-order valence-electron chi connectivity index (χ3n) is 3.90. The molecule has 0 saturated heterocycles. The normalized spacial score (nSPS) is 15.0. The number of hydrogen-bond acceptors (Lipinski definition) is 2. The lowest BCUT2D eigenvalue weighted by Crippen LogP contribution is -2.36. The fourth-order valence-corrected chi connectivity index (χ4v) is 2.61. The lowest BCUT2D eigenvalue weighted by Gasteiger charge is -2.15. The Morgan fingerprint density at radius 3 is 2.76 bits per heavy atom. The van der Waals surface area contributed by atoms with Crippen LogP contribution in [0.2, 0.25) is 0 Å². The van der Waals surface area contributed by atoms with Gasteiger partial charge in [0.25, 0.3) is 0 Å². The molecular formula is C17H26N2O2. The summed E-state index contributed by atoms with van der Waals surface area (Å²) in [4.78, 5) is 12.0. The molecule has 2 rings (SSSR count). The van der Waals surface area contributed by atoms with Crippen LogP contribution in [0, 0.1) is 6.92 Å². The lowest BCUT2D eigenvalue weighted by molar-refractivity contribution is 0.248. The number of hydrogen-bond donors (Lipinski definition) is 2. The van der Waals surface area contributed by atoms with Crippen LogP contribution in [0.25, 0.3) is 0 Å². The van der Waals surface area contributed by atoms with Crippen LogP contribution in [0.4, 0.5) is 10.5 Å². The fourth-order valence-electron chi connectivity index (χ4n) is 2.61. The largest absolute Gasteiger partial charge is 0.494 e. The van der Waals surface area contributed by atoms with Gasteiger partial charge in [-0.1, -0.05) is 26.2 Å². The van der Waals surface area contributed by atoms with Crippen LogP contribution in [0.3, 0.4) is 0 Å². The molecule has 0 radical (unpaired) electrons. The van der Waals surface area contributed by atoms with Gasteiger partial charge in [-0.05, 0) is 49.9 Å². The van der Waals surface area contributed by atoms with E-state index in [-0.39, 0.29) is 6.03 Å². The number of unbranched alkanes of at least 4 members (excludes halogenated alkanes) is 1. The summed E-state index contributed by atoms with van der Waals surface area (Å²) in [6.07, 6.45) is 6.80. The summed E-state index contributed by atoms with van der Waals surface area (Å²) in [6.45, 7) is 4.87. The summed E-state index contributed by atoms with van der Waals surface area (Å²) in [5, 5.41) is 5.96. The molecule has 1 aromatic carbocycles. The van der Waals surface area contributed by atoms with E-state index in [1.54, 1.807) is 0 Å². The zero-order chi connectivity index (χ0) is 15.1. The van der Waals surface area contributed by atoms with E-state index in [0.717, 1.165) is 49.3 Å². The van der Waals surface area contributed by atoms with Crippen molar-refractivity contribution < 1.29 is 9.53 Å². The van der Waals surface area contributed by atoms with Crippen molar-refractivity contribution >= 4 is 11.7 Å². The summed E-state index contributed by atoms with van der Waals surface area (Å²) in [5.41, 5.74) is 1.86. The van der Waals surface area contributed by atoms with Crippen molar-refractivity contribution in [3.05, 3.63) is 23.8 Å². The topological polar surface area (TPSA) is 50.4 Å². The highest BCUT2D eigenvalue weighted by molar-refractivity contribution is 5.90. The van der Waals surface area contributed by atoms with Crippen molar-refractivity contribution in [3.8, 4) is 5.75 Å². The maximum atomic E-state index is 12.0. The second-order valence-corrected chi connectivity index (χ2v) is 5.76. The maximum absolute atomic E-state index is 12.0. The van der Waals surface area contributed by atoms with Crippen molar-refractivity contribution in [2.24, 2.45) is 0 Å². The molecule has 4 nitrogen and oxygen atoms in total. The minimum Gasteiger partial charge on any atom is -0.494 e. The number of carbonyl (C=O) groups excluding carboxylic acids is 1. The number of anilines is 1. The molecule has 0 spiro atoms. The summed E-state index contributed by atoms with van der Waals surface area (Å²) >= 11 is 0. The molecule has 0 aliphatic heterocycles. The van der Waals surface area contributed by atoms with Gasteiger partial charge in [-0.25, -0.2) is 4.79 Å². The zero-order valence-electron chi connectivity index (χ0n) is 13.1. The Balaban J connectivity index is 1.86. The average molecular weight is 290 g/mol. The first kappa shape index (κ1) is 15.7. The Hall–Kier alpha value is -1.71. The molecule has 116 valence electrons. The van der Waals surface area contributed by atoms with Crippen molar-refractivity contribution in [3.63, 3.8) is 0 Å². The predicted octanol–water partition coefficient (Wildman–Crippen LogP) is 4.24. The third-order valence-corrected chi connectivity index (χ3v) is 3.90. The molecule has 0 atom stereocenters. The molecule has 2 amide bonds. The van der Waals surface area contributed by atoms with Gasteiger partial charge in [0.2, 0.25) is 0 Å². The van der Waals surface area contributed by atoms with E-state index in [4.69, 9.17) is 4.74 Å². The van der Waals surface area contributed by atoms with Crippen LogP contribution in [-0.4, -0.2) is 18.7 Å². The Bertz CT molecular complexity index is 468. The van der Waals surface area contributed by atoms with Gasteiger partial charge in [0.05, 0.1) is 6.61 Å². The first-order valence-electron chi connectivity index (χ1n) is 8.00. The van der Waals surface area contributed by atoms with Crippen molar-refractivity contribution in [2.75, 3.05) is 11.9 Å². The smallest absolute Gasteiger partial charge is 0.319 e. The van der Waals surface area contributed by atoms with Gasteiger partial charge in [-0.2, -0.15) is 0 Å². The Kier molecular flexibility index (Phi) is 5.90. The molecule has 1 aromatic rings. The standard InChI is InChI=1S/C17H26N2O2/c1-3-4-11-21-15-9-10-16(13(2)12-15)19-17(20)18-14-7-5-6-8-14/h9-10,12,14H,3-8,11H2,1-2H3,(H2,18,19,20). The quantitative estimate of drug-likeness (QED) is 0.770. The molecule has 21 heavy (non-hydrogen) atoms. The molecule has 1 fully saturated rings. The number of urea groups is 1. The molecule has 0 heterocycles. The second kappa shape index (κ2) is 7.91. The van der Waals surface area contributed by atoms with E-state index in [1.165, 1.54) is 12.8 Å². The maximum Gasteiger partial charge on any atom is 0.319 e. The van der Waals surface area contributed by atoms with Gasteiger partial charge in [-0.3, -0.25) is 0 Å². The molecule has 1 aliphatic carbocycles. The lowest BCUT2D eigenvalue weighted by atomic mass is 10.2. The van der Waals surface area contributed by atoms with E-state index in [1.807, 2.05) is 25.1 Å². The minimum absolute atomic E-state index is 0.107. The summed E-state index contributed by atoms with van der Waals surface area (Å²) < 4.78 is 5.67.